The summed E-state index contributed by atoms with van der Waals surface area (Å²) in [5.41, 5.74) is 19.9. The Hall–Kier alpha value is -13.5. The first-order valence-corrected chi connectivity index (χ1v) is 36.1. The second-order valence-corrected chi connectivity index (χ2v) is 27.6. The third-order valence-electron chi connectivity index (χ3n) is 21.8. The summed E-state index contributed by atoms with van der Waals surface area (Å²) in [5.74, 6) is 0. The summed E-state index contributed by atoms with van der Waals surface area (Å²) in [6.45, 7) is 0. The van der Waals surface area contributed by atoms with Gasteiger partial charge in [0, 0.05) is 0 Å². The van der Waals surface area contributed by atoms with E-state index in [1.54, 1.807) is 0 Å². The fourth-order valence-electron chi connectivity index (χ4n) is 17.1. The molecule has 0 fully saturated rings. The van der Waals surface area contributed by atoms with Crippen LogP contribution in [0.5, 0.6) is 0 Å². The molecule has 0 aliphatic heterocycles. The van der Waals surface area contributed by atoms with Crippen molar-refractivity contribution in [2.75, 3.05) is 0 Å². The molecule has 0 amide bonds. The van der Waals surface area contributed by atoms with Crippen molar-refractivity contribution in [3.8, 4) is 89.0 Å². The number of rotatable bonds is 8. The molecule has 21 rings (SSSR count). The highest BCUT2D eigenvalue weighted by molar-refractivity contribution is 6.24. The van der Waals surface area contributed by atoms with Crippen molar-refractivity contribution in [1.29, 1.82) is 0 Å². The Bertz CT molecular complexity index is 6900. The van der Waals surface area contributed by atoms with E-state index < -0.39 is 0 Å². The maximum atomic E-state index is 2.40. The normalized spacial score (nSPS) is 11.7. The lowest BCUT2D eigenvalue weighted by molar-refractivity contribution is 1.62. The second-order valence-electron chi connectivity index (χ2n) is 27.6. The van der Waals surface area contributed by atoms with Gasteiger partial charge in [0.05, 0.1) is 0 Å². The van der Waals surface area contributed by atoms with Crippen LogP contribution in [0.25, 0.3) is 208 Å². The van der Waals surface area contributed by atoms with Gasteiger partial charge in [-0.1, -0.05) is 364 Å². The smallest absolute Gasteiger partial charge is 0.00262 e. The molecule has 0 unspecified atom stereocenters. The third kappa shape index (κ3) is 10.3. The molecule has 21 aromatic rings. The third-order valence-corrected chi connectivity index (χ3v) is 21.8. The zero-order chi connectivity index (χ0) is 68.6. The summed E-state index contributed by atoms with van der Waals surface area (Å²) in [6, 6.07) is 147. The molecule has 482 valence electrons. The van der Waals surface area contributed by atoms with Gasteiger partial charge in [0.2, 0.25) is 0 Å². The highest BCUT2D eigenvalue weighted by Gasteiger charge is 2.21. The molecule has 0 bridgehead atoms. The summed E-state index contributed by atoms with van der Waals surface area (Å²) >= 11 is 0. The maximum absolute atomic E-state index is 2.40. The van der Waals surface area contributed by atoms with Crippen LogP contribution in [0.2, 0.25) is 0 Å². The Balaban J connectivity index is 0.000000139. The maximum Gasteiger partial charge on any atom is -0.00262 e. The van der Waals surface area contributed by atoms with E-state index in [4.69, 9.17) is 0 Å². The van der Waals surface area contributed by atoms with E-state index in [0.29, 0.717) is 0 Å². The first-order valence-electron chi connectivity index (χ1n) is 36.1. The van der Waals surface area contributed by atoms with Crippen molar-refractivity contribution < 1.29 is 0 Å². The molecule has 0 spiro atoms. The summed E-state index contributed by atoms with van der Waals surface area (Å²) in [6.07, 6.45) is 0. The number of hydrogen-bond donors (Lipinski definition) is 0. The minimum atomic E-state index is 1.22. The van der Waals surface area contributed by atoms with Crippen molar-refractivity contribution in [2.45, 2.75) is 0 Å². The van der Waals surface area contributed by atoms with E-state index in [9.17, 15) is 0 Å². The zero-order valence-corrected chi connectivity index (χ0v) is 57.1. The van der Waals surface area contributed by atoms with E-state index in [1.807, 2.05) is 0 Å². The molecule has 0 aromatic heterocycles. The van der Waals surface area contributed by atoms with Gasteiger partial charge in [-0.05, 0) is 244 Å². The molecule has 0 aliphatic rings. The zero-order valence-electron chi connectivity index (χ0n) is 57.1. The second kappa shape index (κ2) is 25.3. The predicted octanol–water partition coefficient (Wildman–Crippen LogP) is 29.4. The van der Waals surface area contributed by atoms with Crippen LogP contribution in [0.4, 0.5) is 0 Å². The fourth-order valence-corrected chi connectivity index (χ4v) is 17.1. The molecule has 0 heterocycles. The van der Waals surface area contributed by atoms with Crippen LogP contribution < -0.4 is 0 Å². The monoisotopic (exact) mass is 1310 g/mol. The Kier molecular flexibility index (Phi) is 14.7. The largest absolute Gasteiger partial charge is 0.0616 e. The van der Waals surface area contributed by atoms with E-state index in [2.05, 4.69) is 400 Å². The number of hydrogen-bond acceptors (Lipinski definition) is 0. The van der Waals surface area contributed by atoms with Gasteiger partial charge in [-0.3, -0.25) is 0 Å². The van der Waals surface area contributed by atoms with Gasteiger partial charge in [-0.2, -0.15) is 0 Å². The number of benzene rings is 21. The van der Waals surface area contributed by atoms with Crippen molar-refractivity contribution in [1.82, 2.24) is 0 Å². The van der Waals surface area contributed by atoms with Gasteiger partial charge in [0.15, 0.2) is 0 Å². The molecular formula is C104H66. The average Bonchev–Trinajstić information content (AvgIpc) is 0.733. The molecule has 0 atom stereocenters. The van der Waals surface area contributed by atoms with Crippen molar-refractivity contribution in [3.05, 3.63) is 400 Å². The Morgan fingerprint density at radius 2 is 0.337 bits per heavy atom. The van der Waals surface area contributed by atoms with Crippen LogP contribution in [0.3, 0.4) is 0 Å². The molecule has 0 saturated carbocycles. The lowest BCUT2D eigenvalue weighted by atomic mass is 9.84. The van der Waals surface area contributed by atoms with Gasteiger partial charge in [-0.15, -0.1) is 0 Å². The predicted molar refractivity (Wildman–Crippen MR) is 449 cm³/mol. The van der Waals surface area contributed by atoms with E-state index >= 15 is 0 Å². The van der Waals surface area contributed by atoms with Crippen molar-refractivity contribution >= 4 is 118 Å². The van der Waals surface area contributed by atoms with E-state index in [-0.39, 0.29) is 0 Å². The minimum absolute atomic E-state index is 1.22. The van der Waals surface area contributed by atoms with Crippen LogP contribution in [0.15, 0.2) is 400 Å². The van der Waals surface area contributed by atoms with Crippen LogP contribution >= 0.6 is 0 Å². The quantitative estimate of drug-likeness (QED) is 0.105. The minimum Gasteiger partial charge on any atom is -0.0616 e. The van der Waals surface area contributed by atoms with Gasteiger partial charge in [0.25, 0.3) is 0 Å². The summed E-state index contributed by atoms with van der Waals surface area (Å²) in [4.78, 5) is 0. The Morgan fingerprint density at radius 1 is 0.0962 bits per heavy atom. The molecular weight excluding hydrogens is 1250 g/mol. The molecule has 0 saturated heterocycles. The summed E-state index contributed by atoms with van der Waals surface area (Å²) < 4.78 is 0. The molecule has 0 heteroatoms. The Morgan fingerprint density at radius 3 is 0.692 bits per heavy atom. The van der Waals surface area contributed by atoms with Gasteiger partial charge >= 0.3 is 0 Å². The lowest BCUT2D eigenvalue weighted by Gasteiger charge is -2.19. The topological polar surface area (TPSA) is 0 Å². The SMILES string of the molecule is c1cc(-c2c3ccccc3c(-c3ccc(-c4cc5ccccc5c5ccccc45)cc3)c3ccccc23)cc(-c2cc3ccccc3c3ccccc23)c1.c1cc(-c2c3ccccc3c(-c3ccc(-c4ccc5ccccc5c4)cc3)c3ccccc23)cc(-c2cc3ccccc3c3ccccc23)c1. The Labute approximate surface area is 603 Å². The van der Waals surface area contributed by atoms with Crippen molar-refractivity contribution in [3.63, 3.8) is 0 Å². The van der Waals surface area contributed by atoms with E-state index in [1.165, 1.54) is 208 Å². The first kappa shape index (κ1) is 60.4. The molecule has 21 aromatic carbocycles. The summed E-state index contributed by atoms with van der Waals surface area (Å²) in [7, 11) is 0. The standard InChI is InChI=1S/C54H34.C50H32/c1-3-18-41-38(14-1)33-51(45-22-7-5-20-43(41)45)35-28-30-36(31-29-35)53-47-24-9-11-26-49(47)54(50-27-12-10-25-48(50)53)40-17-13-16-37(32-40)52-34-39-15-2-4-19-42(39)44-21-6-8-23-46(44)52;1-2-13-36-30-37(29-26-33(36)12-1)34-24-27-35(28-25-34)49-44-20-7-9-22-46(44)50(47-23-10-8-21-45(47)49)40-16-11-15-38(31-40)48-32-39-14-3-4-17-41(39)42-18-5-6-19-43(42)48/h1-34H;1-32H. The molecule has 0 N–H and O–H groups in total. The number of fused-ring (bicyclic) bond motifs is 14. The van der Waals surface area contributed by atoms with Crippen LogP contribution in [0, 0.1) is 0 Å². The molecule has 0 aliphatic carbocycles. The van der Waals surface area contributed by atoms with Crippen molar-refractivity contribution in [2.24, 2.45) is 0 Å². The van der Waals surface area contributed by atoms with Crippen LogP contribution in [0.1, 0.15) is 0 Å². The van der Waals surface area contributed by atoms with Gasteiger partial charge in [0.1, 0.15) is 0 Å². The summed E-state index contributed by atoms with van der Waals surface area (Å²) in [5, 5.41) is 28.0. The van der Waals surface area contributed by atoms with Crippen LogP contribution in [-0.2, 0) is 0 Å². The fraction of sp³-hybridized carbons (Fsp3) is 0. The average molecular weight is 1320 g/mol. The van der Waals surface area contributed by atoms with Gasteiger partial charge in [-0.25, -0.2) is 0 Å². The highest BCUT2D eigenvalue weighted by Crippen LogP contribution is 2.49. The molecule has 104 heavy (non-hydrogen) atoms. The van der Waals surface area contributed by atoms with Crippen LogP contribution in [-0.4, -0.2) is 0 Å². The highest BCUT2D eigenvalue weighted by atomic mass is 14.2. The molecule has 0 radical (unpaired) electrons. The molecule has 0 nitrogen and oxygen atoms in total. The lowest BCUT2D eigenvalue weighted by Crippen LogP contribution is -1.92. The first-order chi connectivity index (χ1) is 51.6. The van der Waals surface area contributed by atoms with Gasteiger partial charge < -0.3 is 0 Å². The van der Waals surface area contributed by atoms with E-state index in [0.717, 1.165) is 0 Å².